The first-order valence-electron chi connectivity index (χ1n) is 28.8. The Morgan fingerprint density at radius 1 is 0.659 bits per heavy atom. The van der Waals surface area contributed by atoms with Crippen molar-refractivity contribution in [2.45, 2.75) is 129 Å². The Morgan fingerprint density at radius 3 is 1.53 bits per heavy atom. The van der Waals surface area contributed by atoms with E-state index in [2.05, 4.69) is 31.2 Å². The van der Waals surface area contributed by atoms with Crippen LogP contribution in [0.2, 0.25) is 0 Å². The van der Waals surface area contributed by atoms with Crippen LogP contribution in [-0.4, -0.2) is 158 Å². The number of amides is 6. The summed E-state index contributed by atoms with van der Waals surface area (Å²) in [6.45, 7) is 21.5. The van der Waals surface area contributed by atoms with Crippen LogP contribution in [0.1, 0.15) is 99.1 Å². The van der Waals surface area contributed by atoms with Crippen molar-refractivity contribution < 1.29 is 47.5 Å². The molecule has 5 saturated heterocycles. The number of H-pyrrole nitrogens is 1. The number of carbonyl (C=O) groups excluding carboxylic acids is 5. The van der Waals surface area contributed by atoms with Crippen molar-refractivity contribution in [2.75, 3.05) is 63.3 Å². The Balaban J connectivity index is 0.000000157. The van der Waals surface area contributed by atoms with Crippen molar-refractivity contribution >= 4 is 69.9 Å². The molecule has 85 heavy (non-hydrogen) atoms. The Hall–Kier alpha value is -7.69. The molecule has 2 aromatic heterocycles. The molecule has 2 spiro atoms. The zero-order valence-corrected chi connectivity index (χ0v) is 52.2. The predicted octanol–water partition coefficient (Wildman–Crippen LogP) is 10.2. The largest absolute Gasteiger partial charge is 0.498 e. The highest BCUT2D eigenvalue weighted by molar-refractivity contribution is 9.10. The number of aromatic amines is 1. The van der Waals surface area contributed by atoms with E-state index in [0.29, 0.717) is 57.8 Å². The second kappa shape index (κ2) is 25.1. The van der Waals surface area contributed by atoms with Crippen LogP contribution in [0.3, 0.4) is 0 Å². The smallest absolute Gasteiger partial charge is 0.497 e. The van der Waals surface area contributed by atoms with Gasteiger partial charge < -0.3 is 43.1 Å². The molecular formula is C63H78BBrN10O10. The van der Waals surface area contributed by atoms with Gasteiger partial charge in [0.05, 0.1) is 55.8 Å². The fourth-order valence-electron chi connectivity index (χ4n) is 11.4. The molecule has 6 aromatic rings. The summed E-state index contributed by atoms with van der Waals surface area (Å²) in [6.07, 6.45) is 9.31. The van der Waals surface area contributed by atoms with Crippen LogP contribution in [0.25, 0.3) is 11.1 Å². The van der Waals surface area contributed by atoms with E-state index in [0.717, 1.165) is 80.0 Å². The minimum atomic E-state index is -0.562. The van der Waals surface area contributed by atoms with E-state index in [1.165, 1.54) is 0 Å². The summed E-state index contributed by atoms with van der Waals surface area (Å²) in [4.78, 5) is 74.6. The standard InChI is InChI=1S/C26H29N5O3.C23H26BrN3O3.C14H23BN2O4/c1-19(32)29-12-10-26(11-13-29)18-30(23-8-6-21(7-9-23)22-15-27-28-16-22)25(33)31(26)17-20-4-3-5-24(14-20)34-2;1-17(28)25-12-10-23(11-13-25)16-26(20-8-6-19(24)7-9-20)22(29)27(23)15-18-4-3-5-21(14-18)30-2;1-12(2,3)19-11(18)17-9-10(8-16-17)15-20-13(4,5)14(6,7)21-15/h3-9,14-16H,10-13,17-18H2,1-2H3,(H,27,28);3-9,14H,10-13,15-16H2,1-2H3;8-9H,1-7H3. The molecule has 20 nitrogen and oxygen atoms in total. The van der Waals surface area contributed by atoms with Crippen LogP contribution in [-0.2, 0) is 36.7 Å². The highest BCUT2D eigenvalue weighted by Crippen LogP contribution is 2.42. The zero-order valence-electron chi connectivity index (χ0n) is 50.6. The summed E-state index contributed by atoms with van der Waals surface area (Å²) in [5.74, 6) is 1.74. The molecule has 0 saturated carbocycles. The Morgan fingerprint density at radius 2 is 1.12 bits per heavy atom. The summed E-state index contributed by atoms with van der Waals surface area (Å²) in [5, 5.41) is 10.9. The Bertz CT molecular complexity index is 3320. The number of methoxy groups -OCH3 is 2. The Kier molecular flexibility index (Phi) is 18.3. The first-order chi connectivity index (χ1) is 40.3. The molecule has 0 aliphatic carbocycles. The number of ether oxygens (including phenoxy) is 3. The molecule has 0 bridgehead atoms. The molecule has 1 N–H and O–H groups in total. The topological polar surface area (TPSA) is 197 Å². The van der Waals surface area contributed by atoms with Gasteiger partial charge >= 0.3 is 25.3 Å². The van der Waals surface area contributed by atoms with Crippen LogP contribution in [0.15, 0.2) is 126 Å². The fourth-order valence-corrected chi connectivity index (χ4v) is 11.7. The number of carbonyl (C=O) groups is 5. The molecule has 0 unspecified atom stereocenters. The lowest BCUT2D eigenvalue weighted by Crippen LogP contribution is -2.54. The SMILES string of the molecule is CC(C)(C)OC(=O)n1cc(B2OC(C)(C)C(C)(C)O2)cn1.COc1cccc(CN2C(=O)N(c3ccc(-c4cn[nH]c4)cc3)CC23CCN(C(C)=O)CC3)c1.COc1cccc(CN2C(=O)N(c3ccc(Br)cc3)CC23CCN(C(C)=O)CC3)c1. The average molecular weight is 1230 g/mol. The molecule has 5 fully saturated rings. The van der Waals surface area contributed by atoms with Gasteiger partial charge in [-0.2, -0.15) is 14.9 Å². The van der Waals surface area contributed by atoms with Gasteiger partial charge in [0, 0.05) is 98.6 Å². The normalized spacial score (nSPS) is 18.5. The first-order valence-corrected chi connectivity index (χ1v) is 29.5. The van der Waals surface area contributed by atoms with Gasteiger partial charge in [0.1, 0.15) is 17.1 Å². The van der Waals surface area contributed by atoms with Crippen molar-refractivity contribution in [3.63, 3.8) is 0 Å². The van der Waals surface area contributed by atoms with Crippen molar-refractivity contribution in [3.8, 4) is 22.6 Å². The van der Waals surface area contributed by atoms with E-state index in [4.69, 9.17) is 23.5 Å². The highest BCUT2D eigenvalue weighted by atomic mass is 79.9. The van der Waals surface area contributed by atoms with Crippen molar-refractivity contribution in [3.05, 3.63) is 137 Å². The molecule has 5 aliphatic heterocycles. The number of aromatic nitrogens is 4. The fraction of sp³-hybridized carbons (Fsp3) is 0.444. The molecule has 22 heteroatoms. The molecular weight excluding hydrogens is 1150 g/mol. The molecule has 11 rings (SSSR count). The van der Waals surface area contributed by atoms with Gasteiger partial charge in [0.15, 0.2) is 0 Å². The number of likely N-dealkylation sites (tertiary alicyclic amines) is 2. The van der Waals surface area contributed by atoms with Crippen molar-refractivity contribution in [1.82, 2.24) is 39.6 Å². The average Bonchev–Trinajstić information content (AvgIpc) is 2.22. The third kappa shape index (κ3) is 13.9. The number of rotatable bonds is 10. The summed E-state index contributed by atoms with van der Waals surface area (Å²) >= 11 is 3.47. The van der Waals surface area contributed by atoms with E-state index in [-0.39, 0.29) is 35.0 Å². The number of benzene rings is 4. The quantitative estimate of drug-likeness (QED) is 0.128. The third-order valence-electron chi connectivity index (χ3n) is 17.1. The van der Waals surface area contributed by atoms with Crippen molar-refractivity contribution in [1.29, 1.82) is 0 Å². The molecule has 450 valence electrons. The van der Waals surface area contributed by atoms with Crippen molar-refractivity contribution in [2.24, 2.45) is 0 Å². The maximum absolute atomic E-state index is 13.8. The predicted molar refractivity (Wildman–Crippen MR) is 329 cm³/mol. The van der Waals surface area contributed by atoms with Crippen LogP contribution < -0.4 is 24.7 Å². The third-order valence-corrected chi connectivity index (χ3v) is 17.6. The van der Waals surface area contributed by atoms with Gasteiger partial charge in [-0.05, 0) is 152 Å². The summed E-state index contributed by atoms with van der Waals surface area (Å²) in [7, 11) is 2.76. The maximum Gasteiger partial charge on any atom is 0.498 e. The summed E-state index contributed by atoms with van der Waals surface area (Å²) in [6, 6.07) is 31.6. The number of urea groups is 2. The molecule has 4 aromatic carbocycles. The first kappa shape index (κ1) is 61.9. The van der Waals surface area contributed by atoms with Crippen LogP contribution >= 0.6 is 15.9 Å². The maximum atomic E-state index is 13.8. The van der Waals surface area contributed by atoms with Crippen LogP contribution in [0.4, 0.5) is 25.8 Å². The van der Waals surface area contributed by atoms with Gasteiger partial charge in [-0.1, -0.05) is 52.3 Å². The van der Waals surface area contributed by atoms with E-state index in [1.807, 2.05) is 181 Å². The number of piperidine rings is 2. The van der Waals surface area contributed by atoms with Crippen LogP contribution in [0, 0.1) is 0 Å². The molecule has 5 aliphatic rings. The number of anilines is 2. The van der Waals surface area contributed by atoms with Crippen LogP contribution in [0.5, 0.6) is 11.5 Å². The number of nitrogens with one attached hydrogen (secondary N) is 1. The van der Waals surface area contributed by atoms with Gasteiger partial charge in [-0.15, -0.1) is 0 Å². The minimum absolute atomic E-state index is 0.00449. The van der Waals surface area contributed by atoms with Gasteiger partial charge in [0.2, 0.25) is 11.8 Å². The molecule has 7 heterocycles. The lowest BCUT2D eigenvalue weighted by Gasteiger charge is -2.43. The monoisotopic (exact) mass is 1220 g/mol. The summed E-state index contributed by atoms with van der Waals surface area (Å²) in [5.41, 5.74) is 4.54. The van der Waals surface area contributed by atoms with E-state index in [9.17, 15) is 24.0 Å². The highest BCUT2D eigenvalue weighted by Gasteiger charge is 2.54. The molecule has 0 atom stereocenters. The van der Waals surface area contributed by atoms with E-state index in [1.54, 1.807) is 46.7 Å². The number of hydrogen-bond acceptors (Lipinski definition) is 12. The Labute approximate surface area is 506 Å². The second-order valence-corrected chi connectivity index (χ2v) is 25.3. The number of nitrogens with zero attached hydrogens (tertiary/aromatic N) is 9. The lowest BCUT2D eigenvalue weighted by molar-refractivity contribution is -0.131. The number of halogens is 1. The molecule has 0 radical (unpaired) electrons. The molecule has 6 amide bonds. The number of hydrogen-bond donors (Lipinski definition) is 1. The van der Waals surface area contributed by atoms with Gasteiger partial charge in [-0.25, -0.2) is 14.4 Å². The van der Waals surface area contributed by atoms with Gasteiger partial charge in [-0.3, -0.25) is 24.5 Å². The lowest BCUT2D eigenvalue weighted by atomic mass is 9.82. The minimum Gasteiger partial charge on any atom is -0.497 e. The second-order valence-electron chi connectivity index (χ2n) is 24.4. The van der Waals surface area contributed by atoms with E-state index < -0.39 is 30.0 Å². The van der Waals surface area contributed by atoms with Gasteiger partial charge in [0.25, 0.3) is 0 Å². The van der Waals surface area contributed by atoms with E-state index >= 15 is 0 Å². The summed E-state index contributed by atoms with van der Waals surface area (Å²) < 4.78 is 30.0. The zero-order chi connectivity index (χ0) is 61.1.